The fourth-order valence-electron chi connectivity index (χ4n) is 4.52. The first-order valence-electron chi connectivity index (χ1n) is 12.4. The molecule has 0 bridgehead atoms. The van der Waals surface area contributed by atoms with Crippen LogP contribution < -0.4 is 20.7 Å². The van der Waals surface area contributed by atoms with Crippen molar-refractivity contribution in [2.45, 2.75) is 49.7 Å². The van der Waals surface area contributed by atoms with Crippen LogP contribution >= 0.6 is 0 Å². The molecule has 0 aliphatic carbocycles. The van der Waals surface area contributed by atoms with Gasteiger partial charge in [-0.3, -0.25) is 10.1 Å². The Morgan fingerprint density at radius 1 is 1.13 bits per heavy atom. The van der Waals surface area contributed by atoms with Crippen LogP contribution in [-0.4, -0.2) is 48.8 Å². The number of aryl methyl sites for hydroxylation is 1. The minimum Gasteiger partial charge on any atom is -0.495 e. The number of hydrogen-bond donors (Lipinski definition) is 3. The molecular weight excluding hydrogens is 508 g/mol. The molecule has 11 nitrogen and oxygen atoms in total. The molecule has 0 unspecified atom stereocenters. The summed E-state index contributed by atoms with van der Waals surface area (Å²) >= 11 is 0. The van der Waals surface area contributed by atoms with Crippen molar-refractivity contribution < 1.29 is 18.1 Å². The summed E-state index contributed by atoms with van der Waals surface area (Å²) in [6.07, 6.45) is 3.18. The van der Waals surface area contributed by atoms with Gasteiger partial charge in [0.05, 0.1) is 33.6 Å². The quantitative estimate of drug-likeness (QED) is 0.254. The zero-order valence-corrected chi connectivity index (χ0v) is 22.6. The maximum atomic E-state index is 12.9. The van der Waals surface area contributed by atoms with Crippen molar-refractivity contribution in [1.29, 1.82) is 0 Å². The number of aromatic nitrogens is 2. The van der Waals surface area contributed by atoms with Gasteiger partial charge in [0.15, 0.2) is 9.84 Å². The highest BCUT2D eigenvalue weighted by molar-refractivity contribution is 7.92. The van der Waals surface area contributed by atoms with Crippen LogP contribution in [0.1, 0.15) is 43.7 Å². The first-order valence-corrected chi connectivity index (χ1v) is 13.9. The standard InChI is InChI=1S/C26H32N6O5S/c1-16(2)38(35,36)24-8-6-5-7-20(24)29-25-22(32(33)34)15-28-26(31-25)30-21-13-17(3)19(14-23(21)37-4)18-9-11-27-12-10-18/h5-8,13-16,18,27H,9-12H2,1-4H3,(H2,28,29,30,31). The first kappa shape index (κ1) is 27.3. The molecule has 0 saturated carbocycles. The molecule has 2 aromatic carbocycles. The van der Waals surface area contributed by atoms with E-state index < -0.39 is 25.7 Å². The average molecular weight is 541 g/mol. The number of anilines is 4. The van der Waals surface area contributed by atoms with E-state index in [-0.39, 0.29) is 22.3 Å². The van der Waals surface area contributed by atoms with Crippen LogP contribution in [-0.2, 0) is 9.84 Å². The average Bonchev–Trinajstić information content (AvgIpc) is 2.89. The monoisotopic (exact) mass is 540 g/mol. The molecule has 1 aliphatic rings. The molecule has 38 heavy (non-hydrogen) atoms. The Bertz CT molecular complexity index is 1440. The summed E-state index contributed by atoms with van der Waals surface area (Å²) in [5.41, 5.74) is 2.73. The number of rotatable bonds is 9. The van der Waals surface area contributed by atoms with Crippen molar-refractivity contribution in [3.05, 3.63) is 63.8 Å². The number of nitro groups is 1. The number of methoxy groups -OCH3 is 1. The number of hydrogen-bond acceptors (Lipinski definition) is 10. The normalized spacial score (nSPS) is 14.3. The molecule has 0 spiro atoms. The predicted molar refractivity (Wildman–Crippen MR) is 147 cm³/mol. The Kier molecular flexibility index (Phi) is 8.12. The van der Waals surface area contributed by atoms with Gasteiger partial charge in [-0.05, 0) is 88.0 Å². The van der Waals surface area contributed by atoms with E-state index in [0.717, 1.165) is 37.7 Å². The van der Waals surface area contributed by atoms with Crippen LogP contribution in [0.15, 0.2) is 47.5 Å². The number of ether oxygens (including phenoxy) is 1. The molecule has 1 aromatic heterocycles. The van der Waals surface area contributed by atoms with E-state index in [1.165, 1.54) is 11.6 Å². The Labute approximate surface area is 222 Å². The summed E-state index contributed by atoms with van der Waals surface area (Å²) < 4.78 is 31.4. The van der Waals surface area contributed by atoms with E-state index in [1.54, 1.807) is 39.2 Å². The summed E-state index contributed by atoms with van der Waals surface area (Å²) in [5.74, 6) is 0.998. The molecule has 1 saturated heterocycles. The van der Waals surface area contributed by atoms with Crippen molar-refractivity contribution in [2.24, 2.45) is 0 Å². The molecule has 12 heteroatoms. The Morgan fingerprint density at radius 2 is 1.84 bits per heavy atom. The van der Waals surface area contributed by atoms with Crippen molar-refractivity contribution >= 4 is 38.7 Å². The molecule has 0 amide bonds. The van der Waals surface area contributed by atoms with Crippen molar-refractivity contribution in [2.75, 3.05) is 30.8 Å². The van der Waals surface area contributed by atoms with Crippen LogP contribution in [0.25, 0.3) is 0 Å². The van der Waals surface area contributed by atoms with E-state index >= 15 is 0 Å². The van der Waals surface area contributed by atoms with Gasteiger partial charge >= 0.3 is 5.69 Å². The third kappa shape index (κ3) is 5.70. The molecular formula is C26H32N6O5S. The third-order valence-corrected chi connectivity index (χ3v) is 8.86. The van der Waals surface area contributed by atoms with Gasteiger partial charge in [-0.25, -0.2) is 13.4 Å². The van der Waals surface area contributed by atoms with Gasteiger partial charge in [-0.15, -0.1) is 0 Å². The van der Waals surface area contributed by atoms with Gasteiger partial charge < -0.3 is 20.7 Å². The second-order valence-corrected chi connectivity index (χ2v) is 11.9. The molecule has 202 valence electrons. The summed E-state index contributed by atoms with van der Waals surface area (Å²) in [6.45, 7) is 7.14. The van der Waals surface area contributed by atoms with Gasteiger partial charge in [0.25, 0.3) is 0 Å². The van der Waals surface area contributed by atoms with Crippen molar-refractivity contribution in [3.8, 4) is 5.75 Å². The molecule has 1 fully saturated rings. The molecule has 0 atom stereocenters. The van der Waals surface area contributed by atoms with Gasteiger partial charge in [0.2, 0.25) is 11.8 Å². The number of piperidine rings is 1. The van der Waals surface area contributed by atoms with Crippen molar-refractivity contribution in [1.82, 2.24) is 15.3 Å². The summed E-state index contributed by atoms with van der Waals surface area (Å²) in [6, 6.07) is 10.2. The summed E-state index contributed by atoms with van der Waals surface area (Å²) in [7, 11) is -2.08. The Morgan fingerprint density at radius 3 is 2.50 bits per heavy atom. The number of benzene rings is 2. The summed E-state index contributed by atoms with van der Waals surface area (Å²) in [5, 5.41) is 20.4. The maximum Gasteiger partial charge on any atom is 0.329 e. The highest BCUT2D eigenvalue weighted by atomic mass is 32.2. The minimum atomic E-state index is -3.66. The largest absolute Gasteiger partial charge is 0.495 e. The lowest BCUT2D eigenvalue weighted by Gasteiger charge is -2.25. The highest BCUT2D eigenvalue weighted by Gasteiger charge is 2.25. The summed E-state index contributed by atoms with van der Waals surface area (Å²) in [4.78, 5) is 19.6. The second-order valence-electron chi connectivity index (χ2n) is 9.46. The van der Waals surface area contributed by atoms with Crippen LogP contribution in [0, 0.1) is 17.0 Å². The van der Waals surface area contributed by atoms with Crippen LogP contribution in [0.3, 0.4) is 0 Å². The third-order valence-electron chi connectivity index (χ3n) is 6.65. The van der Waals surface area contributed by atoms with Gasteiger partial charge in [-0.1, -0.05) is 12.1 Å². The predicted octanol–water partition coefficient (Wildman–Crippen LogP) is 4.84. The fraction of sp³-hybridized carbons (Fsp3) is 0.385. The zero-order valence-electron chi connectivity index (χ0n) is 21.8. The number of para-hydroxylation sites is 1. The highest BCUT2D eigenvalue weighted by Crippen LogP contribution is 2.37. The van der Waals surface area contributed by atoms with E-state index in [2.05, 4.69) is 25.9 Å². The van der Waals surface area contributed by atoms with E-state index in [0.29, 0.717) is 17.4 Å². The number of sulfone groups is 1. The lowest BCUT2D eigenvalue weighted by atomic mass is 9.87. The molecule has 4 rings (SSSR count). The van der Waals surface area contributed by atoms with Gasteiger partial charge in [0, 0.05) is 0 Å². The number of nitrogens with zero attached hydrogens (tertiary/aromatic N) is 3. The van der Waals surface area contributed by atoms with E-state index in [9.17, 15) is 18.5 Å². The van der Waals surface area contributed by atoms with Crippen molar-refractivity contribution in [3.63, 3.8) is 0 Å². The molecule has 0 radical (unpaired) electrons. The first-order chi connectivity index (χ1) is 18.1. The van der Waals surface area contributed by atoms with Gasteiger partial charge in [0.1, 0.15) is 11.9 Å². The zero-order chi connectivity index (χ0) is 27.4. The van der Waals surface area contributed by atoms with E-state index in [1.807, 2.05) is 19.1 Å². The smallest absolute Gasteiger partial charge is 0.329 e. The lowest BCUT2D eigenvalue weighted by Crippen LogP contribution is -2.27. The van der Waals surface area contributed by atoms with E-state index in [4.69, 9.17) is 4.74 Å². The minimum absolute atomic E-state index is 0.0308. The SMILES string of the molecule is COc1cc(C2CCNCC2)c(C)cc1Nc1ncc([N+](=O)[O-])c(Nc2ccccc2S(=O)(=O)C(C)C)n1. The van der Waals surface area contributed by atoms with Crippen LogP contribution in [0.5, 0.6) is 5.75 Å². The maximum absolute atomic E-state index is 12.9. The lowest BCUT2D eigenvalue weighted by molar-refractivity contribution is -0.384. The Balaban J connectivity index is 1.69. The Hall–Kier alpha value is -3.77. The second kappa shape index (κ2) is 11.3. The molecule has 3 N–H and O–H groups in total. The van der Waals surface area contributed by atoms with Crippen LogP contribution in [0.4, 0.5) is 28.8 Å². The molecule has 3 aromatic rings. The number of nitrogens with one attached hydrogen (secondary N) is 3. The molecule has 2 heterocycles. The van der Waals surface area contributed by atoms with Crippen LogP contribution in [0.2, 0.25) is 0 Å². The fourth-order valence-corrected chi connectivity index (χ4v) is 5.73. The van der Waals surface area contributed by atoms with Gasteiger partial charge in [-0.2, -0.15) is 4.98 Å². The topological polar surface area (TPSA) is 148 Å². The molecule has 1 aliphatic heterocycles.